The third-order valence-electron chi connectivity index (χ3n) is 2.17. The fourth-order valence-corrected chi connectivity index (χ4v) is 1.87. The molecule has 0 aliphatic carbocycles. The van der Waals surface area contributed by atoms with Crippen molar-refractivity contribution in [2.75, 3.05) is 0 Å². The first-order chi connectivity index (χ1) is 7.10. The molecule has 15 heavy (non-hydrogen) atoms. The molecule has 84 valence electrons. The summed E-state index contributed by atoms with van der Waals surface area (Å²) in [4.78, 5) is 1.37. The van der Waals surface area contributed by atoms with Crippen molar-refractivity contribution < 1.29 is 13.6 Å². The summed E-state index contributed by atoms with van der Waals surface area (Å²) in [6.45, 7) is 2.11. The molecule has 1 aromatic carbocycles. The second kappa shape index (κ2) is 5.25. The predicted octanol–water partition coefficient (Wildman–Crippen LogP) is 1.70. The number of sulfonamides is 1. The Morgan fingerprint density at radius 3 is 2.33 bits per heavy atom. The standard InChI is InChI=1S/C10H15NO3S/c1-2-3-4-9-5-7-10(8-6-9)15(13,14)11-12/h5-8,11-12H,2-4H2,1H3. The van der Waals surface area contributed by atoms with E-state index in [0.29, 0.717) is 0 Å². The maximum atomic E-state index is 11.2. The molecule has 0 atom stereocenters. The summed E-state index contributed by atoms with van der Waals surface area (Å²) in [5.74, 6) is 0. The van der Waals surface area contributed by atoms with Crippen LogP contribution in [0.1, 0.15) is 25.3 Å². The van der Waals surface area contributed by atoms with Gasteiger partial charge in [-0.1, -0.05) is 30.4 Å². The molecule has 5 heteroatoms. The van der Waals surface area contributed by atoms with Gasteiger partial charge in [-0.25, -0.2) is 8.42 Å². The molecule has 0 amide bonds. The molecule has 0 fully saturated rings. The minimum Gasteiger partial charge on any atom is -0.302 e. The molecule has 0 saturated carbocycles. The number of aryl methyl sites for hydroxylation is 1. The van der Waals surface area contributed by atoms with Crippen molar-refractivity contribution in [3.8, 4) is 0 Å². The second-order valence-corrected chi connectivity index (χ2v) is 5.00. The molecule has 0 aliphatic heterocycles. The average Bonchev–Trinajstić information content (AvgIpc) is 2.27. The van der Waals surface area contributed by atoms with Crippen LogP contribution >= 0.6 is 0 Å². The first-order valence-corrected chi connectivity index (χ1v) is 6.33. The van der Waals surface area contributed by atoms with Gasteiger partial charge in [0.05, 0.1) is 4.90 Å². The number of unbranched alkanes of at least 4 members (excludes halogenated alkanes) is 1. The predicted molar refractivity (Wildman–Crippen MR) is 57.2 cm³/mol. The maximum Gasteiger partial charge on any atom is 0.262 e. The van der Waals surface area contributed by atoms with E-state index in [9.17, 15) is 8.42 Å². The quantitative estimate of drug-likeness (QED) is 0.755. The number of nitrogens with one attached hydrogen (secondary N) is 1. The van der Waals surface area contributed by atoms with Gasteiger partial charge in [0.15, 0.2) is 0 Å². The Morgan fingerprint density at radius 1 is 1.27 bits per heavy atom. The summed E-state index contributed by atoms with van der Waals surface area (Å²) in [5.41, 5.74) is 1.11. The lowest BCUT2D eigenvalue weighted by molar-refractivity contribution is 0.242. The van der Waals surface area contributed by atoms with Crippen LogP contribution < -0.4 is 4.89 Å². The molecule has 0 aliphatic rings. The highest BCUT2D eigenvalue weighted by Crippen LogP contribution is 2.11. The second-order valence-electron chi connectivity index (χ2n) is 3.34. The van der Waals surface area contributed by atoms with Gasteiger partial charge < -0.3 is 5.21 Å². The molecule has 0 heterocycles. The summed E-state index contributed by atoms with van der Waals surface area (Å²) < 4.78 is 22.3. The molecular formula is C10H15NO3S. The van der Waals surface area contributed by atoms with Crippen molar-refractivity contribution in [3.63, 3.8) is 0 Å². The molecule has 0 saturated heterocycles. The monoisotopic (exact) mass is 229 g/mol. The summed E-state index contributed by atoms with van der Waals surface area (Å²) in [7, 11) is -3.73. The molecule has 0 radical (unpaired) electrons. The lowest BCUT2D eigenvalue weighted by Gasteiger charge is -2.03. The zero-order valence-corrected chi connectivity index (χ0v) is 9.42. The molecule has 1 rings (SSSR count). The van der Waals surface area contributed by atoms with Gasteiger partial charge in [-0.15, -0.1) is 0 Å². The highest BCUT2D eigenvalue weighted by Gasteiger charge is 2.11. The third-order valence-corrected chi connectivity index (χ3v) is 3.31. The molecule has 0 spiro atoms. The van der Waals surface area contributed by atoms with Crippen LogP contribution in [0.3, 0.4) is 0 Å². The normalized spacial score (nSPS) is 11.6. The van der Waals surface area contributed by atoms with Crippen LogP contribution in [0, 0.1) is 0 Å². The number of hydrogen-bond donors (Lipinski definition) is 2. The number of hydrogen-bond acceptors (Lipinski definition) is 3. The van der Waals surface area contributed by atoms with Crippen LogP contribution in [0.5, 0.6) is 0 Å². The molecule has 1 aromatic rings. The van der Waals surface area contributed by atoms with E-state index in [0.717, 1.165) is 24.8 Å². The summed E-state index contributed by atoms with van der Waals surface area (Å²) in [5, 5.41) is 8.42. The maximum absolute atomic E-state index is 11.2. The van der Waals surface area contributed by atoms with E-state index in [4.69, 9.17) is 5.21 Å². The molecule has 0 unspecified atom stereocenters. The highest BCUT2D eigenvalue weighted by molar-refractivity contribution is 7.89. The number of benzene rings is 1. The highest BCUT2D eigenvalue weighted by atomic mass is 32.2. The summed E-state index contributed by atoms with van der Waals surface area (Å²) in [6, 6.07) is 6.51. The average molecular weight is 229 g/mol. The van der Waals surface area contributed by atoms with E-state index in [2.05, 4.69) is 6.92 Å². The SMILES string of the molecule is CCCCc1ccc(S(=O)(=O)NO)cc1. The smallest absolute Gasteiger partial charge is 0.262 e. The van der Waals surface area contributed by atoms with E-state index in [1.165, 1.54) is 17.0 Å². The van der Waals surface area contributed by atoms with Crippen molar-refractivity contribution in [3.05, 3.63) is 29.8 Å². The van der Waals surface area contributed by atoms with E-state index in [1.54, 1.807) is 12.1 Å². The van der Waals surface area contributed by atoms with Crippen LogP contribution in [0.2, 0.25) is 0 Å². The Hall–Kier alpha value is -0.910. The summed E-state index contributed by atoms with van der Waals surface area (Å²) >= 11 is 0. The molecular weight excluding hydrogens is 214 g/mol. The van der Waals surface area contributed by atoms with Gasteiger partial charge in [0.2, 0.25) is 0 Å². The van der Waals surface area contributed by atoms with Gasteiger partial charge in [-0.2, -0.15) is 0 Å². The van der Waals surface area contributed by atoms with E-state index in [-0.39, 0.29) is 4.90 Å². The summed E-state index contributed by atoms with van der Waals surface area (Å²) in [6.07, 6.45) is 3.14. The minimum absolute atomic E-state index is 0.0743. The fraction of sp³-hybridized carbons (Fsp3) is 0.400. The first kappa shape index (κ1) is 12.2. The Morgan fingerprint density at radius 2 is 1.87 bits per heavy atom. The van der Waals surface area contributed by atoms with Crippen molar-refractivity contribution in [1.82, 2.24) is 4.89 Å². The first-order valence-electron chi connectivity index (χ1n) is 4.85. The van der Waals surface area contributed by atoms with Crippen molar-refractivity contribution in [2.24, 2.45) is 0 Å². The molecule has 2 N–H and O–H groups in total. The van der Waals surface area contributed by atoms with Gasteiger partial charge in [0, 0.05) is 0 Å². The molecule has 4 nitrogen and oxygen atoms in total. The zero-order chi connectivity index (χ0) is 11.3. The van der Waals surface area contributed by atoms with Gasteiger partial charge in [-0.05, 0) is 30.5 Å². The minimum atomic E-state index is -3.73. The zero-order valence-electron chi connectivity index (χ0n) is 8.60. The van der Waals surface area contributed by atoms with E-state index < -0.39 is 10.0 Å². The topological polar surface area (TPSA) is 66.4 Å². The Bertz CT molecular complexity index is 397. The fourth-order valence-electron chi connectivity index (χ4n) is 1.27. The van der Waals surface area contributed by atoms with Crippen LogP contribution in [-0.4, -0.2) is 13.6 Å². The van der Waals surface area contributed by atoms with Crippen LogP contribution in [0.4, 0.5) is 0 Å². The Balaban J connectivity index is 2.81. The van der Waals surface area contributed by atoms with Crippen molar-refractivity contribution in [1.29, 1.82) is 0 Å². The lowest BCUT2D eigenvalue weighted by atomic mass is 10.1. The Kier molecular flexibility index (Phi) is 4.26. The molecule has 0 bridgehead atoms. The molecule has 0 aromatic heterocycles. The van der Waals surface area contributed by atoms with E-state index >= 15 is 0 Å². The van der Waals surface area contributed by atoms with E-state index in [1.807, 2.05) is 0 Å². The van der Waals surface area contributed by atoms with Gasteiger partial charge >= 0.3 is 0 Å². The van der Waals surface area contributed by atoms with Crippen molar-refractivity contribution in [2.45, 2.75) is 31.1 Å². The van der Waals surface area contributed by atoms with Crippen LogP contribution in [0.15, 0.2) is 29.2 Å². The van der Waals surface area contributed by atoms with Crippen LogP contribution in [-0.2, 0) is 16.4 Å². The van der Waals surface area contributed by atoms with Gasteiger partial charge in [0.25, 0.3) is 10.0 Å². The van der Waals surface area contributed by atoms with Crippen molar-refractivity contribution >= 4 is 10.0 Å². The van der Waals surface area contributed by atoms with Gasteiger partial charge in [-0.3, -0.25) is 0 Å². The lowest BCUT2D eigenvalue weighted by Crippen LogP contribution is -2.19. The number of rotatable bonds is 5. The van der Waals surface area contributed by atoms with Gasteiger partial charge in [0.1, 0.15) is 0 Å². The Labute approximate surface area is 90.0 Å². The van der Waals surface area contributed by atoms with Crippen LogP contribution in [0.25, 0.3) is 0 Å². The largest absolute Gasteiger partial charge is 0.302 e. The third kappa shape index (κ3) is 3.30.